The molecule has 0 saturated carbocycles. The second-order valence-electron chi connectivity index (χ2n) is 22.8. The topological polar surface area (TPSA) is 345 Å². The summed E-state index contributed by atoms with van der Waals surface area (Å²) in [6, 6.07) is 22.7. The van der Waals surface area contributed by atoms with Crippen molar-refractivity contribution in [1.29, 1.82) is 0 Å². The molecule has 0 bridgehead atoms. The standard InChI is InChI=1S/C67H83ClN12O11/c1-42(2)33-54(61(85)73-32-10-8-28-69)76-62(86)53(17-7-9-31-72-60(84)50-16-12-30-71-40-50)75-66(90)59(38-45-21-26-52(83)27-22-45)80(4)67(91)58(41-81)79-65(89)57(37-47-13-11-29-70-39-47)78-64(88)56(35-44-19-24-51(68)25-20-44)77-63(87)55(74-43(3)82)36-46-18-23-48-14-5-6-15-49(48)34-46/h5-6,11-16,18-27,29-30,34,39-40,42,53-59,81,83H,7-10,17,28,31-33,35-38,41,69H2,1-4H3,(H,72,84)(H,73,85)(H,74,82)(H,75,90)(H,76,86)(H,77,87)(H,78,88)(H,79,89)/t53-,54+,55-,56-,57-,58+,59+/m1/s1. The predicted octanol–water partition coefficient (Wildman–Crippen LogP) is 3.51. The largest absolute Gasteiger partial charge is 0.508 e. The normalized spacial score (nSPS) is 13.4. The number of rotatable bonds is 35. The SMILES string of the molecule is CC(=O)N[C@H](Cc1ccc2ccccc2c1)C(=O)N[C@H](Cc1ccc(Cl)cc1)C(=O)N[C@H](Cc1cccnc1)C(=O)N[C@@H](CO)C(=O)N(C)[C@@H](Cc1ccc(O)cc1)C(=O)N[C@H](CCCCNC(=O)c1cccnc1)C(=O)N[C@@H](CC(C)C)C(=O)NCCCCN. The van der Waals surface area contributed by atoms with Gasteiger partial charge in [0.05, 0.1) is 12.2 Å². The van der Waals surface area contributed by atoms with E-state index in [1.54, 1.807) is 54.7 Å². The maximum absolute atomic E-state index is 15.0. The van der Waals surface area contributed by atoms with Crippen LogP contribution in [0.25, 0.3) is 10.8 Å². The van der Waals surface area contributed by atoms with Crippen molar-refractivity contribution < 1.29 is 53.4 Å². The first-order valence-corrected chi connectivity index (χ1v) is 30.8. The lowest BCUT2D eigenvalue weighted by molar-refractivity contribution is -0.144. The second kappa shape index (κ2) is 36.4. The summed E-state index contributed by atoms with van der Waals surface area (Å²) in [7, 11) is 1.28. The fourth-order valence-electron chi connectivity index (χ4n) is 10.1. The third kappa shape index (κ3) is 23.2. The van der Waals surface area contributed by atoms with Gasteiger partial charge in [-0.2, -0.15) is 0 Å². The van der Waals surface area contributed by atoms with Gasteiger partial charge < -0.3 is 63.4 Å². The molecule has 0 spiro atoms. The number of pyridine rings is 2. The van der Waals surface area contributed by atoms with Crippen molar-refractivity contribution in [2.75, 3.05) is 33.3 Å². The van der Waals surface area contributed by atoms with Crippen molar-refractivity contribution >= 4 is 75.5 Å². The minimum Gasteiger partial charge on any atom is -0.508 e. The van der Waals surface area contributed by atoms with Crippen molar-refractivity contribution in [3.05, 3.63) is 173 Å². The zero-order valence-corrected chi connectivity index (χ0v) is 52.4. The van der Waals surface area contributed by atoms with Gasteiger partial charge in [-0.3, -0.25) is 53.1 Å². The minimum atomic E-state index is -1.75. The van der Waals surface area contributed by atoms with Crippen LogP contribution in [-0.2, 0) is 64.0 Å². The number of fused-ring (bicyclic) bond motifs is 1. The van der Waals surface area contributed by atoms with Gasteiger partial charge in [0.25, 0.3) is 5.91 Å². The summed E-state index contributed by atoms with van der Waals surface area (Å²) in [4.78, 5) is 136. The second-order valence-corrected chi connectivity index (χ2v) is 23.2. The Bertz CT molecular complexity index is 3380. The molecule has 0 fully saturated rings. The fourth-order valence-corrected chi connectivity index (χ4v) is 10.3. The van der Waals surface area contributed by atoms with Gasteiger partial charge in [0.15, 0.2) is 0 Å². The third-order valence-electron chi connectivity index (χ3n) is 15.0. The molecule has 0 aliphatic heterocycles. The van der Waals surface area contributed by atoms with Gasteiger partial charge in [-0.1, -0.05) is 98.2 Å². The fraction of sp³-hybridized carbons (Fsp3) is 0.388. The number of carbonyl (C=O) groups excluding carboxylic acids is 9. The highest BCUT2D eigenvalue weighted by atomic mass is 35.5. The van der Waals surface area contributed by atoms with E-state index in [4.69, 9.17) is 17.3 Å². The summed E-state index contributed by atoms with van der Waals surface area (Å²) < 4.78 is 0. The van der Waals surface area contributed by atoms with Crippen LogP contribution in [0.5, 0.6) is 5.75 Å². The van der Waals surface area contributed by atoms with E-state index in [0.29, 0.717) is 59.6 Å². The highest BCUT2D eigenvalue weighted by Gasteiger charge is 2.37. The number of hydrogen-bond donors (Lipinski definition) is 11. The molecule has 6 rings (SSSR count). The van der Waals surface area contributed by atoms with Crippen molar-refractivity contribution in [3.8, 4) is 5.75 Å². The van der Waals surface area contributed by atoms with E-state index in [2.05, 4.69) is 52.5 Å². The van der Waals surface area contributed by atoms with Crippen LogP contribution in [-0.4, -0.2) is 154 Å². The number of likely N-dealkylation sites (N-methyl/N-ethyl adjacent to an activating group) is 1. The van der Waals surface area contributed by atoms with Gasteiger partial charge in [0.2, 0.25) is 47.3 Å². The van der Waals surface area contributed by atoms with E-state index < -0.39 is 96.2 Å². The maximum atomic E-state index is 15.0. The number of phenols is 1. The Morgan fingerprint density at radius 2 is 1.08 bits per heavy atom. The number of nitrogens with two attached hydrogens (primary N) is 1. The van der Waals surface area contributed by atoms with E-state index >= 15 is 0 Å². The molecular formula is C67H83ClN12O11. The first-order chi connectivity index (χ1) is 43.7. The minimum absolute atomic E-state index is 0.0151. The highest BCUT2D eigenvalue weighted by molar-refractivity contribution is 6.30. The Morgan fingerprint density at radius 3 is 1.69 bits per heavy atom. The van der Waals surface area contributed by atoms with Crippen molar-refractivity contribution in [3.63, 3.8) is 0 Å². The molecule has 2 aromatic heterocycles. The van der Waals surface area contributed by atoms with Gasteiger partial charge in [-0.15, -0.1) is 0 Å². The Balaban J connectivity index is 1.26. The molecule has 7 atom stereocenters. The molecule has 0 aliphatic carbocycles. The number of benzene rings is 4. The molecule has 23 nitrogen and oxygen atoms in total. The monoisotopic (exact) mass is 1270 g/mol. The number of hydrogen-bond acceptors (Lipinski definition) is 14. The lowest BCUT2D eigenvalue weighted by Crippen LogP contribution is -2.61. The van der Waals surface area contributed by atoms with Crippen LogP contribution >= 0.6 is 11.6 Å². The lowest BCUT2D eigenvalue weighted by Gasteiger charge is -2.32. The summed E-state index contributed by atoms with van der Waals surface area (Å²) in [5.41, 5.74) is 8.26. The average Bonchev–Trinajstić information content (AvgIpc) is 1.42. The molecule has 0 saturated heterocycles. The molecule has 0 unspecified atom stereocenters. The van der Waals surface area contributed by atoms with Gasteiger partial charge in [0.1, 0.15) is 48.0 Å². The zero-order valence-electron chi connectivity index (χ0n) is 51.7. The smallest absolute Gasteiger partial charge is 0.252 e. The quantitative estimate of drug-likeness (QED) is 0.0254. The van der Waals surface area contributed by atoms with E-state index in [1.165, 1.54) is 56.8 Å². The summed E-state index contributed by atoms with van der Waals surface area (Å²) in [6.45, 7) is 5.01. The first kappa shape index (κ1) is 70.8. The number of aromatic nitrogens is 2. The van der Waals surface area contributed by atoms with E-state index in [1.807, 2.05) is 56.3 Å². The number of halogens is 1. The van der Waals surface area contributed by atoms with Gasteiger partial charge in [0, 0.05) is 82.6 Å². The number of aliphatic hydroxyl groups is 1. The van der Waals surface area contributed by atoms with Gasteiger partial charge >= 0.3 is 0 Å². The van der Waals surface area contributed by atoms with Gasteiger partial charge in [-0.25, -0.2) is 0 Å². The van der Waals surface area contributed by atoms with Crippen LogP contribution in [0, 0.1) is 5.92 Å². The molecule has 4 aromatic carbocycles. The van der Waals surface area contributed by atoms with Crippen LogP contribution < -0.4 is 48.3 Å². The maximum Gasteiger partial charge on any atom is 0.252 e. The molecule has 0 aliphatic rings. The lowest BCUT2D eigenvalue weighted by atomic mass is 9.99. The summed E-state index contributed by atoms with van der Waals surface area (Å²) in [5, 5.41) is 45.6. The number of amides is 9. The van der Waals surface area contributed by atoms with E-state index in [9.17, 15) is 53.4 Å². The molecule has 9 amide bonds. The molecule has 12 N–H and O–H groups in total. The third-order valence-corrected chi connectivity index (χ3v) is 15.3. The van der Waals surface area contributed by atoms with Crippen LogP contribution in [0.15, 0.2) is 140 Å². The van der Waals surface area contributed by atoms with Crippen LogP contribution in [0.1, 0.15) is 91.9 Å². The molecule has 24 heteroatoms. The number of phenolic OH excluding ortho intramolecular Hbond substituents is 1. The van der Waals surface area contributed by atoms with Crippen LogP contribution in [0.4, 0.5) is 0 Å². The molecule has 484 valence electrons. The Kier molecular flexibility index (Phi) is 28.3. The van der Waals surface area contributed by atoms with E-state index in [-0.39, 0.29) is 69.1 Å². The number of nitrogens with one attached hydrogen (secondary N) is 8. The molecule has 0 radical (unpaired) electrons. The van der Waals surface area contributed by atoms with Crippen LogP contribution in [0.2, 0.25) is 5.02 Å². The highest BCUT2D eigenvalue weighted by Crippen LogP contribution is 2.20. The average molecular weight is 1270 g/mol. The Morgan fingerprint density at radius 1 is 0.538 bits per heavy atom. The summed E-state index contributed by atoms with van der Waals surface area (Å²) >= 11 is 6.23. The van der Waals surface area contributed by atoms with Crippen LogP contribution in [0.3, 0.4) is 0 Å². The first-order valence-electron chi connectivity index (χ1n) is 30.4. The Labute approximate surface area is 534 Å². The number of unbranched alkanes of at least 4 members (excludes halogenated alkanes) is 2. The molecular weight excluding hydrogens is 1180 g/mol. The molecule has 91 heavy (non-hydrogen) atoms. The Hall–Kier alpha value is -9.32. The predicted molar refractivity (Wildman–Crippen MR) is 345 cm³/mol. The number of aliphatic hydroxyl groups excluding tert-OH is 1. The van der Waals surface area contributed by atoms with E-state index in [0.717, 1.165) is 21.2 Å². The number of nitrogens with zero attached hydrogens (tertiary/aromatic N) is 3. The molecule has 6 aromatic rings. The van der Waals surface area contributed by atoms with Crippen molar-refractivity contribution in [2.45, 2.75) is 127 Å². The number of aromatic hydroxyl groups is 1. The van der Waals surface area contributed by atoms with Crippen molar-refractivity contribution in [2.24, 2.45) is 11.7 Å². The zero-order chi connectivity index (χ0) is 65.8. The number of carbonyl (C=O) groups is 9. The van der Waals surface area contributed by atoms with Gasteiger partial charge in [-0.05, 0) is 126 Å². The molecule has 2 heterocycles. The van der Waals surface area contributed by atoms with Crippen molar-refractivity contribution in [1.82, 2.24) is 57.4 Å². The summed E-state index contributed by atoms with van der Waals surface area (Å²) in [6.07, 6.45) is 7.70. The summed E-state index contributed by atoms with van der Waals surface area (Å²) in [5.74, 6) is -6.38.